The fourth-order valence-electron chi connectivity index (χ4n) is 3.37. The van der Waals surface area contributed by atoms with Crippen LogP contribution in [0.3, 0.4) is 0 Å². The smallest absolute Gasteiger partial charge is 0.223 e. The highest BCUT2D eigenvalue weighted by molar-refractivity contribution is 6.30. The fraction of sp³-hybridized carbons (Fsp3) is 0.333. The van der Waals surface area contributed by atoms with E-state index in [0.29, 0.717) is 23.7 Å². The van der Waals surface area contributed by atoms with E-state index in [1.807, 2.05) is 29.2 Å². The first-order chi connectivity index (χ1) is 13.1. The summed E-state index contributed by atoms with van der Waals surface area (Å²) in [6, 6.07) is 14.4. The number of nitrogens with one attached hydrogen (secondary N) is 1. The van der Waals surface area contributed by atoms with E-state index in [4.69, 9.17) is 16.3 Å². The van der Waals surface area contributed by atoms with E-state index in [-0.39, 0.29) is 30.6 Å². The van der Waals surface area contributed by atoms with E-state index >= 15 is 0 Å². The van der Waals surface area contributed by atoms with Crippen molar-refractivity contribution in [3.05, 3.63) is 64.7 Å². The lowest BCUT2D eigenvalue weighted by Gasteiger charge is -2.37. The van der Waals surface area contributed by atoms with Crippen LogP contribution in [0.4, 0.5) is 0 Å². The molecular formula is C21H23ClN2O3. The van der Waals surface area contributed by atoms with E-state index in [1.54, 1.807) is 31.4 Å². The highest BCUT2D eigenvalue weighted by atomic mass is 35.5. The Morgan fingerprint density at radius 2 is 1.89 bits per heavy atom. The van der Waals surface area contributed by atoms with Crippen LogP contribution >= 0.6 is 11.6 Å². The van der Waals surface area contributed by atoms with Crippen LogP contribution < -0.4 is 10.1 Å². The second-order valence-corrected chi connectivity index (χ2v) is 6.92. The Hall–Kier alpha value is -2.37. The molecule has 1 fully saturated rings. The van der Waals surface area contributed by atoms with Crippen LogP contribution in [-0.4, -0.2) is 43.3 Å². The largest absolute Gasteiger partial charge is 0.496 e. The van der Waals surface area contributed by atoms with E-state index in [2.05, 4.69) is 5.32 Å². The number of hydrogen-bond acceptors (Lipinski definition) is 4. The van der Waals surface area contributed by atoms with Gasteiger partial charge < -0.3 is 15.0 Å². The van der Waals surface area contributed by atoms with Gasteiger partial charge in [0, 0.05) is 48.6 Å². The van der Waals surface area contributed by atoms with Crippen molar-refractivity contribution < 1.29 is 14.3 Å². The molecule has 0 bridgehead atoms. The first-order valence-corrected chi connectivity index (χ1v) is 9.40. The molecule has 142 valence electrons. The first-order valence-electron chi connectivity index (χ1n) is 9.02. The van der Waals surface area contributed by atoms with Crippen molar-refractivity contribution in [3.63, 3.8) is 0 Å². The lowest BCUT2D eigenvalue weighted by Crippen LogP contribution is -2.48. The fourth-order valence-corrected chi connectivity index (χ4v) is 3.49. The number of ether oxygens (including phenoxy) is 1. The maximum atomic E-state index is 12.9. The van der Waals surface area contributed by atoms with Gasteiger partial charge in [0.25, 0.3) is 0 Å². The molecule has 3 rings (SSSR count). The number of para-hydroxylation sites is 1. The van der Waals surface area contributed by atoms with Crippen molar-refractivity contribution in [1.82, 2.24) is 10.2 Å². The third-order valence-electron chi connectivity index (χ3n) is 4.79. The van der Waals surface area contributed by atoms with Gasteiger partial charge in [-0.15, -0.1) is 0 Å². The molecule has 1 heterocycles. The number of halogens is 1. The predicted octanol–water partition coefficient (Wildman–Crippen LogP) is 3.48. The highest BCUT2D eigenvalue weighted by Gasteiger charge is 2.29. The molecule has 5 nitrogen and oxygen atoms in total. The lowest BCUT2D eigenvalue weighted by molar-refractivity contribution is -0.134. The minimum Gasteiger partial charge on any atom is -0.496 e. The number of nitrogens with zero attached hydrogens (tertiary/aromatic N) is 1. The number of piperazine rings is 1. The van der Waals surface area contributed by atoms with Crippen LogP contribution in [0.25, 0.3) is 0 Å². The predicted molar refractivity (Wildman–Crippen MR) is 105 cm³/mol. The zero-order valence-electron chi connectivity index (χ0n) is 15.3. The topological polar surface area (TPSA) is 58.6 Å². The molecule has 1 aliphatic heterocycles. The monoisotopic (exact) mass is 386 g/mol. The van der Waals surface area contributed by atoms with E-state index < -0.39 is 0 Å². The molecule has 0 saturated carbocycles. The molecule has 2 aromatic carbocycles. The average Bonchev–Trinajstić information content (AvgIpc) is 2.72. The van der Waals surface area contributed by atoms with Gasteiger partial charge in [0.15, 0.2) is 5.78 Å². The van der Waals surface area contributed by atoms with Gasteiger partial charge in [0.1, 0.15) is 5.75 Å². The van der Waals surface area contributed by atoms with Crippen molar-refractivity contribution in [2.45, 2.75) is 18.9 Å². The van der Waals surface area contributed by atoms with Gasteiger partial charge in [-0.1, -0.05) is 29.8 Å². The van der Waals surface area contributed by atoms with Gasteiger partial charge in [-0.25, -0.2) is 0 Å². The molecule has 1 atom stereocenters. The number of amides is 1. The Morgan fingerprint density at radius 3 is 2.63 bits per heavy atom. The number of Topliss-reactive ketones (excluding diaryl/α,β-unsaturated/α-hetero) is 1. The second-order valence-electron chi connectivity index (χ2n) is 6.48. The molecular weight excluding hydrogens is 364 g/mol. The standard InChI is InChI=1S/C21H23ClN2O3/c1-27-20-5-3-2-4-17(20)18-14-23-12-13-24(18)21(26)11-10-19(25)15-6-8-16(22)9-7-15/h2-9,18,23H,10-14H2,1H3. The van der Waals surface area contributed by atoms with E-state index in [9.17, 15) is 9.59 Å². The first kappa shape index (κ1) is 19.4. The Labute approximate surface area is 164 Å². The summed E-state index contributed by atoms with van der Waals surface area (Å²) in [6.07, 6.45) is 0.371. The van der Waals surface area contributed by atoms with Crippen LogP contribution in [0.15, 0.2) is 48.5 Å². The summed E-state index contributed by atoms with van der Waals surface area (Å²) in [5.41, 5.74) is 1.55. The maximum absolute atomic E-state index is 12.9. The van der Waals surface area contributed by atoms with Crippen molar-refractivity contribution in [2.24, 2.45) is 0 Å². The summed E-state index contributed by atoms with van der Waals surface area (Å²) in [7, 11) is 1.63. The molecule has 0 spiro atoms. The average molecular weight is 387 g/mol. The van der Waals surface area contributed by atoms with Gasteiger partial charge in [-0.2, -0.15) is 0 Å². The molecule has 0 aromatic heterocycles. The lowest BCUT2D eigenvalue weighted by atomic mass is 10.0. The molecule has 1 amide bonds. The Kier molecular flexibility index (Phi) is 6.48. The van der Waals surface area contributed by atoms with E-state index in [1.165, 1.54) is 0 Å². The molecule has 2 aromatic rings. The van der Waals surface area contributed by atoms with Gasteiger partial charge >= 0.3 is 0 Å². The highest BCUT2D eigenvalue weighted by Crippen LogP contribution is 2.30. The number of rotatable bonds is 6. The molecule has 1 N–H and O–H groups in total. The van der Waals surface area contributed by atoms with Crippen LogP contribution in [-0.2, 0) is 4.79 Å². The molecule has 0 aliphatic carbocycles. The third kappa shape index (κ3) is 4.67. The minimum atomic E-state index is -0.104. The quantitative estimate of drug-likeness (QED) is 0.772. The summed E-state index contributed by atoms with van der Waals surface area (Å²) in [5, 5.41) is 3.92. The number of benzene rings is 2. The van der Waals surface area contributed by atoms with Crippen LogP contribution in [0, 0.1) is 0 Å². The zero-order valence-corrected chi connectivity index (χ0v) is 16.0. The van der Waals surface area contributed by atoms with Crippen molar-refractivity contribution in [2.75, 3.05) is 26.7 Å². The van der Waals surface area contributed by atoms with Crippen LogP contribution in [0.5, 0.6) is 5.75 Å². The molecule has 1 aliphatic rings. The number of carbonyl (C=O) groups is 2. The summed E-state index contributed by atoms with van der Waals surface area (Å²) in [5.74, 6) is 0.694. The number of hydrogen-bond donors (Lipinski definition) is 1. The van der Waals surface area contributed by atoms with Gasteiger partial charge in [0.05, 0.1) is 13.2 Å². The molecule has 0 radical (unpaired) electrons. The Balaban J connectivity index is 1.68. The van der Waals surface area contributed by atoms with Gasteiger partial charge in [0.2, 0.25) is 5.91 Å². The van der Waals surface area contributed by atoms with Gasteiger partial charge in [-0.05, 0) is 30.3 Å². The van der Waals surface area contributed by atoms with Crippen molar-refractivity contribution in [1.29, 1.82) is 0 Å². The van der Waals surface area contributed by atoms with Crippen LogP contribution in [0.2, 0.25) is 5.02 Å². The Bertz CT molecular complexity index is 807. The molecule has 1 unspecified atom stereocenters. The van der Waals surface area contributed by atoms with Crippen LogP contribution in [0.1, 0.15) is 34.8 Å². The number of methoxy groups -OCH3 is 1. The number of carbonyl (C=O) groups excluding carboxylic acids is 2. The summed E-state index contributed by atoms with van der Waals surface area (Å²) in [4.78, 5) is 27.1. The maximum Gasteiger partial charge on any atom is 0.223 e. The SMILES string of the molecule is COc1ccccc1C1CNCCN1C(=O)CCC(=O)c1ccc(Cl)cc1. The second kappa shape index (κ2) is 9.02. The van der Waals surface area contributed by atoms with Gasteiger partial charge in [-0.3, -0.25) is 9.59 Å². The molecule has 27 heavy (non-hydrogen) atoms. The summed E-state index contributed by atoms with van der Waals surface area (Å²) < 4.78 is 5.46. The zero-order chi connectivity index (χ0) is 19.2. The minimum absolute atomic E-state index is 0.0188. The van der Waals surface area contributed by atoms with Crippen molar-refractivity contribution >= 4 is 23.3 Å². The summed E-state index contributed by atoms with van der Waals surface area (Å²) in [6.45, 7) is 2.01. The third-order valence-corrected chi connectivity index (χ3v) is 5.05. The number of ketones is 1. The van der Waals surface area contributed by atoms with E-state index in [0.717, 1.165) is 17.9 Å². The molecule has 1 saturated heterocycles. The Morgan fingerprint density at radius 1 is 1.15 bits per heavy atom. The molecule has 6 heteroatoms. The van der Waals surface area contributed by atoms with Crippen molar-refractivity contribution in [3.8, 4) is 5.75 Å². The normalized spacial score (nSPS) is 16.8. The summed E-state index contributed by atoms with van der Waals surface area (Å²) >= 11 is 5.86.